The number of carbonyl (C=O) groups is 1. The molecule has 2 atom stereocenters. The molecular weight excluding hydrogens is 247 g/mol. The second kappa shape index (κ2) is 5.17. The van der Waals surface area contributed by atoms with Crippen molar-refractivity contribution in [3.05, 3.63) is 29.1 Å². The minimum absolute atomic E-state index is 0.184. The van der Waals surface area contributed by atoms with Crippen molar-refractivity contribution in [1.29, 1.82) is 0 Å². The summed E-state index contributed by atoms with van der Waals surface area (Å²) >= 11 is 0. The predicted octanol–water partition coefficient (Wildman–Crippen LogP) is 1.56. The van der Waals surface area contributed by atoms with E-state index in [1.54, 1.807) is 11.8 Å². The van der Waals surface area contributed by atoms with Crippen LogP contribution in [0.25, 0.3) is 0 Å². The molecule has 0 bridgehead atoms. The van der Waals surface area contributed by atoms with Gasteiger partial charge >= 0.3 is 0 Å². The SMILES string of the molecule is Cc1c(N)cc(C(=O)N2CCC(C)C(O)C2)cc1F. The van der Waals surface area contributed by atoms with Crippen LogP contribution in [0.1, 0.15) is 29.3 Å². The number of aliphatic hydroxyl groups is 1. The smallest absolute Gasteiger partial charge is 0.254 e. The maximum Gasteiger partial charge on any atom is 0.254 e. The molecule has 0 spiro atoms. The monoisotopic (exact) mass is 266 g/mol. The number of nitrogen functional groups attached to an aromatic ring is 1. The Morgan fingerprint density at radius 3 is 2.79 bits per heavy atom. The topological polar surface area (TPSA) is 66.6 Å². The van der Waals surface area contributed by atoms with Crippen molar-refractivity contribution in [1.82, 2.24) is 4.90 Å². The number of hydrogen-bond acceptors (Lipinski definition) is 3. The molecule has 0 radical (unpaired) electrons. The molecule has 104 valence electrons. The van der Waals surface area contributed by atoms with E-state index >= 15 is 0 Å². The van der Waals surface area contributed by atoms with Gasteiger partial charge < -0.3 is 15.7 Å². The number of β-amino-alcohol motifs (C(OH)–C–C–N with tert-alkyl or cyclic N) is 1. The van der Waals surface area contributed by atoms with Crippen molar-refractivity contribution in [2.24, 2.45) is 5.92 Å². The molecule has 0 aliphatic carbocycles. The van der Waals surface area contributed by atoms with E-state index in [-0.39, 0.29) is 29.6 Å². The first kappa shape index (κ1) is 13.8. The Balaban J connectivity index is 2.20. The third-order valence-corrected chi connectivity index (χ3v) is 3.84. The average molecular weight is 266 g/mol. The van der Waals surface area contributed by atoms with Crippen LogP contribution in [0.15, 0.2) is 12.1 Å². The van der Waals surface area contributed by atoms with Crippen LogP contribution in [0.2, 0.25) is 0 Å². The van der Waals surface area contributed by atoms with Gasteiger partial charge in [0.25, 0.3) is 5.91 Å². The van der Waals surface area contributed by atoms with E-state index in [0.29, 0.717) is 12.1 Å². The Hall–Kier alpha value is -1.62. The summed E-state index contributed by atoms with van der Waals surface area (Å²) < 4.78 is 13.6. The fraction of sp³-hybridized carbons (Fsp3) is 0.500. The number of halogens is 1. The van der Waals surface area contributed by atoms with Crippen molar-refractivity contribution in [2.75, 3.05) is 18.8 Å². The molecular formula is C14H19FN2O2. The van der Waals surface area contributed by atoms with E-state index in [1.807, 2.05) is 6.92 Å². The lowest BCUT2D eigenvalue weighted by Crippen LogP contribution is -2.45. The summed E-state index contributed by atoms with van der Waals surface area (Å²) in [7, 11) is 0. The van der Waals surface area contributed by atoms with Crippen LogP contribution in [0.4, 0.5) is 10.1 Å². The van der Waals surface area contributed by atoms with Crippen molar-refractivity contribution in [2.45, 2.75) is 26.4 Å². The lowest BCUT2D eigenvalue weighted by atomic mass is 9.95. The first-order valence-corrected chi connectivity index (χ1v) is 6.43. The van der Waals surface area contributed by atoms with E-state index in [9.17, 15) is 14.3 Å². The number of likely N-dealkylation sites (tertiary alicyclic amines) is 1. The average Bonchev–Trinajstić information content (AvgIpc) is 2.37. The Bertz CT molecular complexity index is 481. The van der Waals surface area contributed by atoms with Crippen molar-refractivity contribution >= 4 is 11.6 Å². The van der Waals surface area contributed by atoms with Crippen LogP contribution in [-0.2, 0) is 0 Å². The van der Waals surface area contributed by atoms with Crippen LogP contribution in [0.3, 0.4) is 0 Å². The quantitative estimate of drug-likeness (QED) is 0.758. The Kier molecular flexibility index (Phi) is 3.75. The molecule has 1 aromatic carbocycles. The predicted molar refractivity (Wildman–Crippen MR) is 71.2 cm³/mol. The van der Waals surface area contributed by atoms with Crippen molar-refractivity contribution in [3.63, 3.8) is 0 Å². The number of amides is 1. The second-order valence-electron chi connectivity index (χ2n) is 5.26. The Morgan fingerprint density at radius 1 is 1.53 bits per heavy atom. The zero-order valence-electron chi connectivity index (χ0n) is 11.2. The van der Waals surface area contributed by atoms with E-state index in [4.69, 9.17) is 5.73 Å². The highest BCUT2D eigenvalue weighted by Crippen LogP contribution is 2.22. The summed E-state index contributed by atoms with van der Waals surface area (Å²) in [6.07, 6.45) is 0.224. The number of aliphatic hydroxyl groups excluding tert-OH is 1. The molecule has 3 N–H and O–H groups in total. The molecule has 19 heavy (non-hydrogen) atoms. The molecule has 5 heteroatoms. The zero-order chi connectivity index (χ0) is 14.2. The summed E-state index contributed by atoms with van der Waals surface area (Å²) in [6.45, 7) is 4.39. The number of nitrogens with two attached hydrogens (primary N) is 1. The van der Waals surface area contributed by atoms with Gasteiger partial charge in [0.05, 0.1) is 6.10 Å². The summed E-state index contributed by atoms with van der Waals surface area (Å²) in [4.78, 5) is 13.8. The van der Waals surface area contributed by atoms with Gasteiger partial charge in [0, 0.05) is 29.9 Å². The minimum atomic E-state index is -0.523. The normalized spacial score (nSPS) is 23.5. The molecule has 1 saturated heterocycles. The largest absolute Gasteiger partial charge is 0.398 e. The molecule has 1 aromatic rings. The molecule has 1 fully saturated rings. The van der Waals surface area contributed by atoms with Crippen molar-refractivity contribution < 1.29 is 14.3 Å². The summed E-state index contributed by atoms with van der Waals surface area (Å²) in [6, 6.07) is 2.70. The van der Waals surface area contributed by atoms with Crippen molar-refractivity contribution in [3.8, 4) is 0 Å². The fourth-order valence-electron chi connectivity index (χ4n) is 2.24. The van der Waals surface area contributed by atoms with E-state index in [1.165, 1.54) is 12.1 Å². The van der Waals surface area contributed by atoms with Gasteiger partial charge in [0.15, 0.2) is 0 Å². The number of carbonyl (C=O) groups excluding carboxylic acids is 1. The first-order chi connectivity index (χ1) is 8.90. The standard InChI is InChI=1S/C14H19FN2O2/c1-8-3-4-17(7-13(8)18)14(19)10-5-11(15)9(2)12(16)6-10/h5-6,8,13,18H,3-4,7,16H2,1-2H3. The van der Waals surface area contributed by atoms with Gasteiger partial charge in [0.2, 0.25) is 0 Å². The maximum atomic E-state index is 13.6. The van der Waals surface area contributed by atoms with Gasteiger partial charge in [0.1, 0.15) is 5.82 Å². The molecule has 0 saturated carbocycles. The second-order valence-corrected chi connectivity index (χ2v) is 5.26. The lowest BCUT2D eigenvalue weighted by Gasteiger charge is -2.34. The summed E-state index contributed by atoms with van der Waals surface area (Å²) in [5, 5.41) is 9.80. The Labute approximate surface area is 112 Å². The van der Waals surface area contributed by atoms with Gasteiger partial charge in [-0.15, -0.1) is 0 Å². The van der Waals surface area contributed by atoms with E-state index in [2.05, 4.69) is 0 Å². The third kappa shape index (κ3) is 2.71. The summed E-state index contributed by atoms with van der Waals surface area (Å²) in [5.41, 5.74) is 6.54. The number of rotatable bonds is 1. The number of hydrogen-bond donors (Lipinski definition) is 2. The fourth-order valence-corrected chi connectivity index (χ4v) is 2.24. The molecule has 4 nitrogen and oxygen atoms in total. The molecule has 1 amide bonds. The number of nitrogens with zero attached hydrogens (tertiary/aromatic N) is 1. The minimum Gasteiger partial charge on any atom is -0.398 e. The van der Waals surface area contributed by atoms with Gasteiger partial charge in [-0.05, 0) is 31.4 Å². The van der Waals surface area contributed by atoms with Crippen LogP contribution in [-0.4, -0.2) is 35.1 Å². The Morgan fingerprint density at radius 2 is 2.21 bits per heavy atom. The first-order valence-electron chi connectivity index (χ1n) is 6.43. The zero-order valence-corrected chi connectivity index (χ0v) is 11.2. The van der Waals surface area contributed by atoms with E-state index in [0.717, 1.165) is 6.42 Å². The highest BCUT2D eigenvalue weighted by atomic mass is 19.1. The molecule has 1 aliphatic rings. The van der Waals surface area contributed by atoms with Gasteiger partial charge in [-0.3, -0.25) is 4.79 Å². The summed E-state index contributed by atoms with van der Waals surface area (Å²) in [5.74, 6) is -0.574. The molecule has 0 aromatic heterocycles. The maximum absolute atomic E-state index is 13.6. The highest BCUT2D eigenvalue weighted by Gasteiger charge is 2.28. The van der Waals surface area contributed by atoms with Crippen LogP contribution >= 0.6 is 0 Å². The third-order valence-electron chi connectivity index (χ3n) is 3.84. The van der Waals surface area contributed by atoms with Gasteiger partial charge in [-0.1, -0.05) is 6.92 Å². The van der Waals surface area contributed by atoms with Crippen LogP contribution in [0, 0.1) is 18.7 Å². The van der Waals surface area contributed by atoms with Gasteiger partial charge in [-0.2, -0.15) is 0 Å². The lowest BCUT2D eigenvalue weighted by molar-refractivity contribution is 0.0248. The number of benzene rings is 1. The molecule has 2 rings (SSSR count). The van der Waals surface area contributed by atoms with Crippen LogP contribution < -0.4 is 5.73 Å². The molecule has 1 heterocycles. The molecule has 1 aliphatic heterocycles. The van der Waals surface area contributed by atoms with Gasteiger partial charge in [-0.25, -0.2) is 4.39 Å². The number of anilines is 1. The number of piperidine rings is 1. The molecule has 2 unspecified atom stereocenters. The highest BCUT2D eigenvalue weighted by molar-refractivity contribution is 5.95. The van der Waals surface area contributed by atoms with Crippen LogP contribution in [0.5, 0.6) is 0 Å². The van der Waals surface area contributed by atoms with E-state index < -0.39 is 11.9 Å².